The van der Waals surface area contributed by atoms with E-state index in [4.69, 9.17) is 39.2 Å². The summed E-state index contributed by atoms with van der Waals surface area (Å²) in [6.45, 7) is 3.85. The van der Waals surface area contributed by atoms with E-state index in [1.54, 1.807) is 6.07 Å². The van der Waals surface area contributed by atoms with Gasteiger partial charge in [0.25, 0.3) is 5.91 Å². The number of fused-ring (bicyclic) bond motifs is 1. The van der Waals surface area contributed by atoms with E-state index in [0.717, 1.165) is 16.7 Å². The number of carbonyl (C=O) groups excluding carboxylic acids is 1. The topological polar surface area (TPSA) is 42.2 Å². The highest BCUT2D eigenvalue weighted by Gasteiger charge is 2.18. The average Bonchev–Trinajstić information content (AvgIpc) is 2.75. The number of aryl methyl sites for hydroxylation is 2. The van der Waals surface area contributed by atoms with Gasteiger partial charge < -0.3 is 9.73 Å². The fourth-order valence-corrected chi connectivity index (χ4v) is 3.39. The van der Waals surface area contributed by atoms with Crippen LogP contribution >= 0.6 is 34.8 Å². The number of halogens is 3. The number of carbonyl (C=O) groups is 1. The van der Waals surface area contributed by atoms with Crippen LogP contribution in [0.15, 0.2) is 34.7 Å². The van der Waals surface area contributed by atoms with Crippen molar-refractivity contribution in [3.8, 4) is 0 Å². The second-order valence-electron chi connectivity index (χ2n) is 5.16. The van der Waals surface area contributed by atoms with E-state index in [9.17, 15) is 4.79 Å². The smallest absolute Gasteiger partial charge is 0.258 e. The Morgan fingerprint density at radius 1 is 1.09 bits per heavy atom. The van der Waals surface area contributed by atoms with E-state index in [2.05, 4.69) is 5.32 Å². The van der Waals surface area contributed by atoms with Crippen LogP contribution in [0.3, 0.4) is 0 Å². The predicted octanol–water partition coefficient (Wildman–Crippen LogP) is 6.26. The first-order chi connectivity index (χ1) is 10.9. The number of para-hydroxylation sites is 1. The third-order valence-electron chi connectivity index (χ3n) is 3.68. The van der Waals surface area contributed by atoms with E-state index in [0.29, 0.717) is 16.3 Å². The lowest BCUT2D eigenvalue weighted by molar-refractivity contribution is 0.102. The summed E-state index contributed by atoms with van der Waals surface area (Å²) in [6.07, 6.45) is 0. The molecule has 2 aromatic carbocycles. The number of rotatable bonds is 2. The molecule has 0 spiro atoms. The van der Waals surface area contributed by atoms with E-state index >= 15 is 0 Å². The number of furan rings is 1. The number of benzene rings is 2. The monoisotopic (exact) mass is 367 g/mol. The molecule has 1 aromatic heterocycles. The van der Waals surface area contributed by atoms with Crippen molar-refractivity contribution in [3.63, 3.8) is 0 Å². The van der Waals surface area contributed by atoms with Gasteiger partial charge in [0.2, 0.25) is 0 Å². The van der Waals surface area contributed by atoms with Crippen LogP contribution in [0.2, 0.25) is 15.1 Å². The van der Waals surface area contributed by atoms with Crippen molar-refractivity contribution in [1.29, 1.82) is 0 Å². The van der Waals surface area contributed by atoms with Crippen molar-refractivity contribution in [2.24, 2.45) is 0 Å². The molecule has 0 aliphatic rings. The Balaban J connectivity index is 2.03. The Hall–Kier alpha value is -1.68. The maximum Gasteiger partial charge on any atom is 0.258 e. The second-order valence-corrected chi connectivity index (χ2v) is 6.41. The van der Waals surface area contributed by atoms with Crippen molar-refractivity contribution in [3.05, 3.63) is 62.3 Å². The number of amides is 1. The highest BCUT2D eigenvalue weighted by Crippen LogP contribution is 2.33. The van der Waals surface area contributed by atoms with Crippen LogP contribution in [0.5, 0.6) is 0 Å². The summed E-state index contributed by atoms with van der Waals surface area (Å²) in [7, 11) is 0. The van der Waals surface area contributed by atoms with Gasteiger partial charge in [-0.1, -0.05) is 46.9 Å². The lowest BCUT2D eigenvalue weighted by Crippen LogP contribution is -2.13. The minimum Gasteiger partial charge on any atom is -0.459 e. The third-order valence-corrected chi connectivity index (χ3v) is 4.50. The molecule has 0 radical (unpaired) electrons. The van der Waals surface area contributed by atoms with Gasteiger partial charge in [0, 0.05) is 10.4 Å². The third kappa shape index (κ3) is 2.92. The molecule has 0 bridgehead atoms. The molecule has 118 valence electrons. The van der Waals surface area contributed by atoms with E-state index in [1.807, 2.05) is 26.0 Å². The molecule has 0 atom stereocenters. The highest BCUT2D eigenvalue weighted by atomic mass is 35.5. The Morgan fingerprint density at radius 3 is 2.39 bits per heavy atom. The SMILES string of the molecule is Cc1oc2c(NC(=O)c3c(Cl)cc(Cl)cc3Cl)cccc2c1C. The molecule has 3 nitrogen and oxygen atoms in total. The van der Waals surface area contributed by atoms with Crippen LogP contribution in [0.25, 0.3) is 11.0 Å². The van der Waals surface area contributed by atoms with Crippen molar-refractivity contribution in [2.45, 2.75) is 13.8 Å². The normalized spacial score (nSPS) is 11.0. The van der Waals surface area contributed by atoms with Gasteiger partial charge in [0.15, 0.2) is 5.58 Å². The van der Waals surface area contributed by atoms with Crippen LogP contribution in [0, 0.1) is 13.8 Å². The molecule has 1 N–H and O–H groups in total. The van der Waals surface area contributed by atoms with Crippen LogP contribution < -0.4 is 5.32 Å². The number of anilines is 1. The molecule has 3 aromatic rings. The van der Waals surface area contributed by atoms with E-state index in [-0.39, 0.29) is 15.6 Å². The minimum absolute atomic E-state index is 0.176. The van der Waals surface area contributed by atoms with Crippen LogP contribution in [-0.4, -0.2) is 5.91 Å². The lowest BCUT2D eigenvalue weighted by Gasteiger charge is -2.09. The zero-order chi connectivity index (χ0) is 16.7. The quantitative estimate of drug-likeness (QED) is 0.580. The zero-order valence-electron chi connectivity index (χ0n) is 12.3. The molecular weight excluding hydrogens is 357 g/mol. The van der Waals surface area contributed by atoms with E-state index in [1.165, 1.54) is 12.1 Å². The van der Waals surface area contributed by atoms with Crippen LogP contribution in [-0.2, 0) is 0 Å². The summed E-state index contributed by atoms with van der Waals surface area (Å²) in [5.74, 6) is 0.389. The molecule has 0 saturated carbocycles. The molecule has 0 aliphatic heterocycles. The highest BCUT2D eigenvalue weighted by molar-refractivity contribution is 6.42. The van der Waals surface area contributed by atoms with Crippen LogP contribution in [0.4, 0.5) is 5.69 Å². The fourth-order valence-electron chi connectivity index (χ4n) is 2.40. The van der Waals surface area contributed by atoms with Gasteiger partial charge in [-0.15, -0.1) is 0 Å². The minimum atomic E-state index is -0.420. The number of hydrogen-bond acceptors (Lipinski definition) is 2. The maximum atomic E-state index is 12.5. The number of nitrogens with one attached hydrogen (secondary N) is 1. The van der Waals surface area contributed by atoms with Gasteiger partial charge in [-0.05, 0) is 37.6 Å². The first-order valence-corrected chi connectivity index (χ1v) is 7.96. The van der Waals surface area contributed by atoms with Crippen LogP contribution in [0.1, 0.15) is 21.7 Å². The molecule has 0 unspecified atom stereocenters. The van der Waals surface area contributed by atoms with Crippen molar-refractivity contribution in [2.75, 3.05) is 5.32 Å². The molecule has 0 saturated heterocycles. The summed E-state index contributed by atoms with van der Waals surface area (Å²) >= 11 is 18.1. The molecule has 1 heterocycles. The summed E-state index contributed by atoms with van der Waals surface area (Å²) in [5, 5.41) is 4.51. The molecule has 0 fully saturated rings. The Morgan fingerprint density at radius 2 is 1.74 bits per heavy atom. The summed E-state index contributed by atoms with van der Waals surface area (Å²) in [5.41, 5.74) is 2.40. The predicted molar refractivity (Wildman–Crippen MR) is 95.1 cm³/mol. The molecule has 23 heavy (non-hydrogen) atoms. The average molecular weight is 369 g/mol. The Bertz CT molecular complexity index is 908. The summed E-state index contributed by atoms with van der Waals surface area (Å²) in [6, 6.07) is 8.52. The molecule has 6 heteroatoms. The summed E-state index contributed by atoms with van der Waals surface area (Å²) < 4.78 is 5.74. The van der Waals surface area contributed by atoms with E-state index < -0.39 is 5.91 Å². The van der Waals surface area contributed by atoms with Gasteiger partial charge in [-0.3, -0.25) is 4.79 Å². The lowest BCUT2D eigenvalue weighted by atomic mass is 10.1. The molecular formula is C17H12Cl3NO2. The van der Waals surface area contributed by atoms with Gasteiger partial charge >= 0.3 is 0 Å². The summed E-state index contributed by atoms with van der Waals surface area (Å²) in [4.78, 5) is 12.5. The Labute approximate surface area is 148 Å². The number of hydrogen-bond donors (Lipinski definition) is 1. The first-order valence-electron chi connectivity index (χ1n) is 6.83. The first kappa shape index (κ1) is 16.2. The van der Waals surface area contributed by atoms with Crippen molar-refractivity contribution < 1.29 is 9.21 Å². The fraction of sp³-hybridized carbons (Fsp3) is 0.118. The molecule has 3 rings (SSSR count). The second kappa shape index (κ2) is 6.08. The van der Waals surface area contributed by atoms with Gasteiger partial charge in [-0.25, -0.2) is 0 Å². The zero-order valence-corrected chi connectivity index (χ0v) is 14.6. The van der Waals surface area contributed by atoms with Crippen molar-refractivity contribution >= 4 is 57.4 Å². The molecule has 0 aliphatic carbocycles. The van der Waals surface area contributed by atoms with Gasteiger partial charge in [0.1, 0.15) is 5.76 Å². The maximum absolute atomic E-state index is 12.5. The Kier molecular flexibility index (Phi) is 4.28. The van der Waals surface area contributed by atoms with Crippen molar-refractivity contribution in [1.82, 2.24) is 0 Å². The largest absolute Gasteiger partial charge is 0.459 e. The van der Waals surface area contributed by atoms with Gasteiger partial charge in [-0.2, -0.15) is 0 Å². The molecule has 1 amide bonds. The standard InChI is InChI=1S/C17H12Cl3NO2/c1-8-9(2)23-16-11(8)4-3-5-14(16)21-17(22)15-12(19)6-10(18)7-13(15)20/h3-7H,1-2H3,(H,21,22). The van der Waals surface area contributed by atoms with Gasteiger partial charge in [0.05, 0.1) is 21.3 Å².